The number of rotatable bonds is 7. The molecule has 168 valence electrons. The zero-order chi connectivity index (χ0) is 22.5. The largest absolute Gasteiger partial charge is 0.490 e. The van der Waals surface area contributed by atoms with Crippen molar-refractivity contribution >= 4 is 17.2 Å². The molecule has 1 aliphatic heterocycles. The Bertz CT molecular complexity index is 1060. The first kappa shape index (κ1) is 22.4. The van der Waals surface area contributed by atoms with E-state index in [0.717, 1.165) is 48.8 Å². The normalized spacial score (nSPS) is 15.0. The van der Waals surface area contributed by atoms with Crippen LogP contribution in [0.1, 0.15) is 49.9 Å². The van der Waals surface area contributed by atoms with Gasteiger partial charge in [-0.15, -0.1) is 10.2 Å². The predicted molar refractivity (Wildman–Crippen MR) is 127 cm³/mol. The van der Waals surface area contributed by atoms with Crippen molar-refractivity contribution in [1.82, 2.24) is 20.4 Å². The second-order valence-electron chi connectivity index (χ2n) is 8.53. The fraction of sp³-hybridized carbons (Fsp3) is 0.400. The van der Waals surface area contributed by atoms with Crippen molar-refractivity contribution in [3.63, 3.8) is 0 Å². The first-order valence-electron chi connectivity index (χ1n) is 11.1. The van der Waals surface area contributed by atoms with Crippen molar-refractivity contribution in [3.05, 3.63) is 74.7 Å². The third kappa shape index (κ3) is 5.93. The van der Waals surface area contributed by atoms with Gasteiger partial charge >= 0.3 is 0 Å². The van der Waals surface area contributed by atoms with Crippen LogP contribution in [0.4, 0.5) is 0 Å². The smallest absolute Gasteiger partial charge is 0.282 e. The van der Waals surface area contributed by atoms with Crippen LogP contribution >= 0.6 is 11.3 Å². The zero-order valence-electron chi connectivity index (χ0n) is 18.9. The maximum Gasteiger partial charge on any atom is 0.282 e. The lowest BCUT2D eigenvalue weighted by Gasteiger charge is -2.31. The summed E-state index contributed by atoms with van der Waals surface area (Å²) < 4.78 is 6.27. The summed E-state index contributed by atoms with van der Waals surface area (Å²) >= 11 is 1.37. The standard InChI is InChI=1S/C25H30N4O2S/c1-17-5-8-20(9-6-17)15-26-24(30)25-28-27-23(32-25)16-29-12-10-21(11-13-29)31-22-14-18(2)4-7-19(22)3/h4-9,14,21H,10-13,15-16H2,1-3H3,(H,26,30). The molecule has 0 aliphatic carbocycles. The van der Waals surface area contributed by atoms with Gasteiger partial charge in [0, 0.05) is 19.6 Å². The third-order valence-corrected chi connectivity index (χ3v) is 6.67. The van der Waals surface area contributed by atoms with Crippen LogP contribution in [0.15, 0.2) is 42.5 Å². The van der Waals surface area contributed by atoms with E-state index in [1.807, 2.05) is 31.2 Å². The fourth-order valence-electron chi connectivity index (χ4n) is 3.76. The lowest BCUT2D eigenvalue weighted by molar-refractivity contribution is 0.0948. The van der Waals surface area contributed by atoms with E-state index in [1.165, 1.54) is 28.0 Å². The number of amides is 1. The van der Waals surface area contributed by atoms with Crippen LogP contribution in [0.5, 0.6) is 5.75 Å². The SMILES string of the molecule is Cc1ccc(CNC(=O)c2nnc(CN3CCC(Oc4cc(C)ccc4C)CC3)s2)cc1. The molecule has 2 aromatic carbocycles. The molecule has 1 aliphatic rings. The van der Waals surface area contributed by atoms with Crippen molar-refractivity contribution in [2.45, 2.75) is 52.8 Å². The molecule has 6 nitrogen and oxygen atoms in total. The number of ether oxygens (including phenoxy) is 1. The highest BCUT2D eigenvalue weighted by Gasteiger charge is 2.23. The number of piperidine rings is 1. The minimum absolute atomic E-state index is 0.171. The topological polar surface area (TPSA) is 67.4 Å². The predicted octanol–water partition coefficient (Wildman–Crippen LogP) is 4.44. The Morgan fingerprint density at radius 2 is 1.78 bits per heavy atom. The highest BCUT2D eigenvalue weighted by atomic mass is 32.1. The monoisotopic (exact) mass is 450 g/mol. The van der Waals surface area contributed by atoms with Gasteiger partial charge in [0.2, 0.25) is 5.01 Å². The van der Waals surface area contributed by atoms with E-state index in [-0.39, 0.29) is 12.0 Å². The Morgan fingerprint density at radius 1 is 1.06 bits per heavy atom. The fourth-order valence-corrected chi connectivity index (χ4v) is 4.56. The molecule has 0 unspecified atom stereocenters. The highest BCUT2D eigenvalue weighted by Crippen LogP contribution is 2.25. The summed E-state index contributed by atoms with van der Waals surface area (Å²) in [7, 11) is 0. The Kier molecular flexibility index (Phi) is 7.17. The van der Waals surface area contributed by atoms with Crippen LogP contribution in [0, 0.1) is 20.8 Å². The minimum atomic E-state index is -0.171. The molecule has 0 spiro atoms. The van der Waals surface area contributed by atoms with E-state index >= 15 is 0 Å². The summed E-state index contributed by atoms with van der Waals surface area (Å²) in [5.41, 5.74) is 4.67. The molecule has 2 heterocycles. The number of aromatic nitrogens is 2. The highest BCUT2D eigenvalue weighted by molar-refractivity contribution is 7.13. The zero-order valence-corrected chi connectivity index (χ0v) is 19.7. The number of carbonyl (C=O) groups is 1. The van der Waals surface area contributed by atoms with Crippen LogP contribution in [-0.4, -0.2) is 40.2 Å². The van der Waals surface area contributed by atoms with Crippen LogP contribution in [0.2, 0.25) is 0 Å². The molecular weight excluding hydrogens is 420 g/mol. The Balaban J connectivity index is 1.24. The maximum absolute atomic E-state index is 12.4. The minimum Gasteiger partial charge on any atom is -0.490 e. The van der Waals surface area contributed by atoms with Gasteiger partial charge < -0.3 is 10.1 Å². The molecule has 0 bridgehead atoms. The Labute approximate surface area is 193 Å². The van der Waals surface area contributed by atoms with Gasteiger partial charge in [-0.1, -0.05) is 53.3 Å². The summed E-state index contributed by atoms with van der Waals surface area (Å²) in [5, 5.41) is 12.6. The molecule has 7 heteroatoms. The summed E-state index contributed by atoms with van der Waals surface area (Å²) in [5.74, 6) is 0.823. The Hall–Kier alpha value is -2.77. The number of likely N-dealkylation sites (tertiary alicyclic amines) is 1. The number of hydrogen-bond acceptors (Lipinski definition) is 6. The van der Waals surface area contributed by atoms with E-state index < -0.39 is 0 Å². The van der Waals surface area contributed by atoms with Gasteiger partial charge in [0.1, 0.15) is 16.9 Å². The number of benzene rings is 2. The molecular formula is C25H30N4O2S. The molecule has 1 aromatic heterocycles. The molecule has 4 rings (SSSR count). The van der Waals surface area contributed by atoms with E-state index in [1.54, 1.807) is 0 Å². The average molecular weight is 451 g/mol. The van der Waals surface area contributed by atoms with Crippen LogP contribution in [0.3, 0.4) is 0 Å². The number of carbonyl (C=O) groups excluding carboxylic acids is 1. The van der Waals surface area contributed by atoms with E-state index in [9.17, 15) is 4.79 Å². The molecule has 1 amide bonds. The van der Waals surface area contributed by atoms with Crippen LogP contribution in [0.25, 0.3) is 0 Å². The summed E-state index contributed by atoms with van der Waals surface area (Å²) in [6.07, 6.45) is 2.20. The lowest BCUT2D eigenvalue weighted by Crippen LogP contribution is -2.37. The number of hydrogen-bond donors (Lipinski definition) is 1. The number of aryl methyl sites for hydroxylation is 3. The average Bonchev–Trinajstić information content (AvgIpc) is 3.25. The maximum atomic E-state index is 12.4. The molecule has 1 N–H and O–H groups in total. The van der Waals surface area contributed by atoms with Gasteiger partial charge in [0.15, 0.2) is 0 Å². The van der Waals surface area contributed by atoms with Gasteiger partial charge in [0.25, 0.3) is 5.91 Å². The van der Waals surface area contributed by atoms with Crippen molar-refractivity contribution in [1.29, 1.82) is 0 Å². The molecule has 1 saturated heterocycles. The second-order valence-corrected chi connectivity index (χ2v) is 9.59. The van der Waals surface area contributed by atoms with Crippen molar-refractivity contribution in [2.24, 2.45) is 0 Å². The van der Waals surface area contributed by atoms with Crippen molar-refractivity contribution in [2.75, 3.05) is 13.1 Å². The second kappa shape index (κ2) is 10.2. The molecule has 0 atom stereocenters. The lowest BCUT2D eigenvalue weighted by atomic mass is 10.1. The molecule has 0 radical (unpaired) electrons. The third-order valence-electron chi connectivity index (χ3n) is 5.77. The number of nitrogens with zero attached hydrogens (tertiary/aromatic N) is 3. The van der Waals surface area contributed by atoms with Crippen LogP contribution in [-0.2, 0) is 13.1 Å². The van der Waals surface area contributed by atoms with Crippen LogP contribution < -0.4 is 10.1 Å². The summed E-state index contributed by atoms with van der Waals surface area (Å²) in [6.45, 7) is 9.34. The first-order chi connectivity index (χ1) is 15.5. The quantitative estimate of drug-likeness (QED) is 0.577. The van der Waals surface area contributed by atoms with Gasteiger partial charge in [0.05, 0.1) is 6.54 Å². The first-order valence-corrected chi connectivity index (χ1v) is 11.9. The van der Waals surface area contributed by atoms with Gasteiger partial charge in [-0.25, -0.2) is 0 Å². The Morgan fingerprint density at radius 3 is 2.53 bits per heavy atom. The summed E-state index contributed by atoms with van der Waals surface area (Å²) in [6, 6.07) is 14.5. The molecule has 3 aromatic rings. The van der Waals surface area contributed by atoms with Crippen molar-refractivity contribution < 1.29 is 9.53 Å². The number of nitrogens with one attached hydrogen (secondary N) is 1. The van der Waals surface area contributed by atoms with Gasteiger partial charge in [-0.05, 0) is 56.4 Å². The van der Waals surface area contributed by atoms with Gasteiger partial charge in [-0.3, -0.25) is 9.69 Å². The van der Waals surface area contributed by atoms with E-state index in [4.69, 9.17) is 4.74 Å². The molecule has 0 saturated carbocycles. The molecule has 1 fully saturated rings. The van der Waals surface area contributed by atoms with Gasteiger partial charge in [-0.2, -0.15) is 0 Å². The summed E-state index contributed by atoms with van der Waals surface area (Å²) in [4.78, 5) is 14.8. The van der Waals surface area contributed by atoms with E-state index in [0.29, 0.717) is 11.6 Å². The van der Waals surface area contributed by atoms with E-state index in [2.05, 4.69) is 52.5 Å². The molecule has 32 heavy (non-hydrogen) atoms. The van der Waals surface area contributed by atoms with Crippen molar-refractivity contribution in [3.8, 4) is 5.75 Å².